The molecule has 0 saturated heterocycles. The highest BCUT2D eigenvalue weighted by Gasteiger charge is 2.15. The van der Waals surface area contributed by atoms with Gasteiger partial charge in [-0.3, -0.25) is 0 Å². The van der Waals surface area contributed by atoms with Crippen LogP contribution in [0.3, 0.4) is 0 Å². The van der Waals surface area contributed by atoms with Crippen LogP contribution in [-0.2, 0) is 0 Å². The fraction of sp³-hybridized carbons (Fsp3) is 0.400. The molecule has 4 N–H and O–H groups in total. The molecule has 1 rings (SSSR count). The maximum atomic E-state index is 13.4. The minimum Gasteiger partial charge on any atom is -0.504 e. The van der Waals surface area contributed by atoms with E-state index in [1.165, 1.54) is 13.2 Å². The first-order valence-corrected chi connectivity index (χ1v) is 4.53. The summed E-state index contributed by atoms with van der Waals surface area (Å²) in [5.41, 5.74) is 5.86. The number of rotatable bonds is 4. The lowest BCUT2D eigenvalue weighted by molar-refractivity contribution is 0.275. The summed E-state index contributed by atoms with van der Waals surface area (Å²) in [6.07, 6.45) is 0.255. The Morgan fingerprint density at radius 1 is 1.53 bits per heavy atom. The Kier molecular flexibility index (Phi) is 3.88. The number of aromatic hydroxyl groups is 1. The Morgan fingerprint density at radius 2 is 2.20 bits per heavy atom. The van der Waals surface area contributed by atoms with Gasteiger partial charge < -0.3 is 20.7 Å². The predicted octanol–water partition coefficient (Wildman–Crippen LogP) is 0.922. The van der Waals surface area contributed by atoms with Gasteiger partial charge in [-0.2, -0.15) is 0 Å². The van der Waals surface area contributed by atoms with Crippen molar-refractivity contribution in [2.75, 3.05) is 13.7 Å². The van der Waals surface area contributed by atoms with E-state index in [2.05, 4.69) is 0 Å². The summed E-state index contributed by atoms with van der Waals surface area (Å²) in [4.78, 5) is 0. The second-order valence-corrected chi connectivity index (χ2v) is 3.16. The molecule has 0 bridgehead atoms. The summed E-state index contributed by atoms with van der Waals surface area (Å²) < 4.78 is 18.2. The van der Waals surface area contributed by atoms with Gasteiger partial charge in [0.2, 0.25) is 0 Å². The van der Waals surface area contributed by atoms with Crippen LogP contribution < -0.4 is 10.5 Å². The van der Waals surface area contributed by atoms with Crippen molar-refractivity contribution in [1.29, 1.82) is 0 Å². The van der Waals surface area contributed by atoms with Crippen LogP contribution in [0.25, 0.3) is 0 Å². The van der Waals surface area contributed by atoms with E-state index in [0.717, 1.165) is 6.07 Å². The van der Waals surface area contributed by atoms with Gasteiger partial charge in [-0.25, -0.2) is 4.39 Å². The third kappa shape index (κ3) is 2.57. The van der Waals surface area contributed by atoms with Crippen LogP contribution in [0.4, 0.5) is 4.39 Å². The maximum absolute atomic E-state index is 13.4. The predicted molar refractivity (Wildman–Crippen MR) is 53.2 cm³/mol. The van der Waals surface area contributed by atoms with Crippen molar-refractivity contribution in [2.45, 2.75) is 12.5 Å². The number of phenols is 1. The summed E-state index contributed by atoms with van der Waals surface area (Å²) >= 11 is 0. The fourth-order valence-corrected chi connectivity index (χ4v) is 1.30. The van der Waals surface area contributed by atoms with E-state index in [0.29, 0.717) is 0 Å². The lowest BCUT2D eigenvalue weighted by atomic mass is 10.0. The number of halogens is 1. The lowest BCUT2D eigenvalue weighted by Crippen LogP contribution is -2.13. The molecule has 1 aromatic rings. The molecule has 1 atom stereocenters. The van der Waals surface area contributed by atoms with Crippen LogP contribution in [0.2, 0.25) is 0 Å². The van der Waals surface area contributed by atoms with Gasteiger partial charge in [0.25, 0.3) is 0 Å². The molecule has 0 saturated carbocycles. The van der Waals surface area contributed by atoms with Gasteiger partial charge in [-0.1, -0.05) is 0 Å². The average Bonchev–Trinajstić information content (AvgIpc) is 2.18. The summed E-state index contributed by atoms with van der Waals surface area (Å²) in [7, 11) is 1.37. The number of benzene rings is 1. The second-order valence-electron chi connectivity index (χ2n) is 3.16. The maximum Gasteiger partial charge on any atom is 0.161 e. The second kappa shape index (κ2) is 4.95. The highest BCUT2D eigenvalue weighted by Crippen LogP contribution is 2.31. The van der Waals surface area contributed by atoms with Crippen LogP contribution in [-0.4, -0.2) is 23.9 Å². The highest BCUT2D eigenvalue weighted by atomic mass is 19.1. The van der Waals surface area contributed by atoms with Gasteiger partial charge in [0, 0.05) is 24.3 Å². The number of nitrogens with two attached hydrogens (primary N) is 1. The standard InChI is InChI=1S/C10H14FNO3/c1-15-10-4-6(8(12)2-3-13)7(11)5-9(10)14/h4-5,8,13-14H,2-3,12H2,1H3. The highest BCUT2D eigenvalue weighted by molar-refractivity contribution is 5.43. The number of methoxy groups -OCH3 is 1. The molecular formula is C10H14FNO3. The number of aliphatic hydroxyl groups is 1. The number of hydrogen-bond donors (Lipinski definition) is 3. The molecule has 0 amide bonds. The molecule has 84 valence electrons. The Balaban J connectivity index is 3.06. The molecule has 0 aliphatic rings. The first kappa shape index (κ1) is 11.7. The first-order valence-electron chi connectivity index (χ1n) is 4.53. The SMILES string of the molecule is COc1cc(C(N)CCO)c(F)cc1O. The monoisotopic (exact) mass is 215 g/mol. The number of hydrogen-bond acceptors (Lipinski definition) is 4. The molecule has 0 aliphatic heterocycles. The molecule has 4 nitrogen and oxygen atoms in total. The summed E-state index contributed by atoms with van der Waals surface area (Å²) in [5, 5.41) is 18.0. The van der Waals surface area contributed by atoms with E-state index in [4.69, 9.17) is 15.6 Å². The van der Waals surface area contributed by atoms with Gasteiger partial charge in [0.15, 0.2) is 11.5 Å². The average molecular weight is 215 g/mol. The minimum atomic E-state index is -0.607. The lowest BCUT2D eigenvalue weighted by Gasteiger charge is -2.13. The zero-order valence-electron chi connectivity index (χ0n) is 8.40. The van der Waals surface area contributed by atoms with Gasteiger partial charge in [-0.05, 0) is 12.5 Å². The van der Waals surface area contributed by atoms with E-state index in [-0.39, 0.29) is 30.1 Å². The van der Waals surface area contributed by atoms with Crippen molar-refractivity contribution in [3.05, 3.63) is 23.5 Å². The van der Waals surface area contributed by atoms with Crippen LogP contribution in [0, 0.1) is 5.82 Å². The molecule has 1 aromatic carbocycles. The van der Waals surface area contributed by atoms with Crippen LogP contribution in [0.15, 0.2) is 12.1 Å². The minimum absolute atomic E-state index is 0.121. The normalized spacial score (nSPS) is 12.5. The van der Waals surface area contributed by atoms with Gasteiger partial charge in [0.1, 0.15) is 5.82 Å². The molecule has 0 fully saturated rings. The third-order valence-electron chi connectivity index (χ3n) is 2.14. The number of phenolic OH excluding ortho intramolecular Hbond substituents is 1. The Bertz CT molecular complexity index is 344. The van der Waals surface area contributed by atoms with Crippen molar-refractivity contribution in [1.82, 2.24) is 0 Å². The van der Waals surface area contributed by atoms with E-state index >= 15 is 0 Å². The smallest absolute Gasteiger partial charge is 0.161 e. The molecule has 0 aliphatic carbocycles. The fourth-order valence-electron chi connectivity index (χ4n) is 1.30. The topological polar surface area (TPSA) is 75.7 Å². The number of ether oxygens (including phenoxy) is 1. The largest absolute Gasteiger partial charge is 0.504 e. The van der Waals surface area contributed by atoms with E-state index < -0.39 is 11.9 Å². The third-order valence-corrected chi connectivity index (χ3v) is 2.14. The summed E-state index contributed by atoms with van der Waals surface area (Å²) in [6.45, 7) is -0.121. The summed E-state index contributed by atoms with van der Waals surface area (Å²) in [6, 6.07) is 1.68. The molecule has 5 heteroatoms. The van der Waals surface area contributed by atoms with Crippen molar-refractivity contribution in [2.24, 2.45) is 5.73 Å². The zero-order chi connectivity index (χ0) is 11.4. The van der Waals surface area contributed by atoms with Gasteiger partial charge >= 0.3 is 0 Å². The molecular weight excluding hydrogens is 201 g/mol. The molecule has 0 spiro atoms. The van der Waals surface area contributed by atoms with Gasteiger partial charge in [0.05, 0.1) is 7.11 Å². The Hall–Kier alpha value is -1.33. The van der Waals surface area contributed by atoms with Crippen molar-refractivity contribution >= 4 is 0 Å². The van der Waals surface area contributed by atoms with Gasteiger partial charge in [-0.15, -0.1) is 0 Å². The van der Waals surface area contributed by atoms with Crippen molar-refractivity contribution in [3.63, 3.8) is 0 Å². The molecule has 15 heavy (non-hydrogen) atoms. The summed E-state index contributed by atoms with van der Waals surface area (Å²) in [5.74, 6) is -0.705. The van der Waals surface area contributed by atoms with Crippen molar-refractivity contribution < 1.29 is 19.3 Å². The van der Waals surface area contributed by atoms with Crippen LogP contribution in [0.1, 0.15) is 18.0 Å². The zero-order valence-corrected chi connectivity index (χ0v) is 8.40. The van der Waals surface area contributed by atoms with Crippen LogP contribution >= 0.6 is 0 Å². The number of aliphatic hydroxyl groups excluding tert-OH is 1. The Labute approximate surface area is 87.1 Å². The quantitative estimate of drug-likeness (QED) is 0.698. The molecule has 0 radical (unpaired) electrons. The van der Waals surface area contributed by atoms with E-state index in [9.17, 15) is 9.50 Å². The molecule has 0 aromatic heterocycles. The molecule has 0 heterocycles. The first-order chi connectivity index (χ1) is 7.10. The molecule has 1 unspecified atom stereocenters. The van der Waals surface area contributed by atoms with Crippen molar-refractivity contribution in [3.8, 4) is 11.5 Å². The van der Waals surface area contributed by atoms with E-state index in [1.807, 2.05) is 0 Å². The van der Waals surface area contributed by atoms with E-state index in [1.54, 1.807) is 0 Å². The van der Waals surface area contributed by atoms with Crippen LogP contribution in [0.5, 0.6) is 11.5 Å². The Morgan fingerprint density at radius 3 is 2.73 bits per heavy atom.